The summed E-state index contributed by atoms with van der Waals surface area (Å²) in [4.78, 5) is 75.2. The number of nitrogens with zero attached hydrogens (tertiary/aromatic N) is 2. The molecule has 5 amide bonds. The molecule has 310 valence electrons. The van der Waals surface area contributed by atoms with Crippen molar-refractivity contribution in [2.45, 2.75) is 70.1 Å². The van der Waals surface area contributed by atoms with Crippen LogP contribution in [0, 0.1) is 11.7 Å². The maximum absolute atomic E-state index is 14.2. The minimum Gasteiger partial charge on any atom is -0.508 e. The number of rotatable bonds is 21. The molecule has 0 saturated carbocycles. The van der Waals surface area contributed by atoms with Crippen LogP contribution in [-0.2, 0) is 36.8 Å². The molecule has 17 nitrogen and oxygen atoms in total. The Morgan fingerprint density at radius 2 is 1.21 bits per heavy atom. The molecule has 0 saturated heterocycles. The van der Waals surface area contributed by atoms with Gasteiger partial charge < -0.3 is 55.0 Å². The predicted molar refractivity (Wildman–Crippen MR) is 219 cm³/mol. The van der Waals surface area contributed by atoms with Gasteiger partial charge in [-0.05, 0) is 84.3 Å². The lowest BCUT2D eigenvalue weighted by Gasteiger charge is -2.27. The number of carbonyl (C=O) groups is 5. The van der Waals surface area contributed by atoms with Gasteiger partial charge in [0.2, 0.25) is 29.5 Å². The van der Waals surface area contributed by atoms with E-state index in [9.17, 15) is 33.5 Å². The first kappa shape index (κ1) is 45.4. The Morgan fingerprint density at radius 1 is 0.690 bits per heavy atom. The monoisotopic (exact) mass is 801 g/mol. The molecule has 0 heterocycles. The quantitative estimate of drug-likeness (QED) is 0.0307. The van der Waals surface area contributed by atoms with Crippen molar-refractivity contribution in [2.75, 3.05) is 6.54 Å². The van der Waals surface area contributed by atoms with E-state index in [1.807, 2.05) is 13.8 Å². The molecule has 0 aliphatic carbocycles. The van der Waals surface area contributed by atoms with Gasteiger partial charge >= 0.3 is 0 Å². The fourth-order valence-corrected chi connectivity index (χ4v) is 5.65. The zero-order chi connectivity index (χ0) is 42.8. The normalized spacial score (nSPS) is 13.0. The van der Waals surface area contributed by atoms with Crippen molar-refractivity contribution >= 4 is 53.2 Å². The van der Waals surface area contributed by atoms with Gasteiger partial charge in [-0.2, -0.15) is 0 Å². The second kappa shape index (κ2) is 22.5. The van der Waals surface area contributed by atoms with Crippen LogP contribution in [0.3, 0.4) is 0 Å². The number of hydrogen-bond acceptors (Lipinski definition) is 8. The summed E-state index contributed by atoms with van der Waals surface area (Å²) < 4.78 is 13.8. The summed E-state index contributed by atoms with van der Waals surface area (Å²) in [6.45, 7) is 3.87. The van der Waals surface area contributed by atoms with Gasteiger partial charge in [0.05, 0.1) is 5.69 Å². The number of carbonyl (C=O) groups excluding carboxylic acids is 5. The summed E-state index contributed by atoms with van der Waals surface area (Å²) in [5, 5.41) is 20.3. The fraction of sp³-hybridized carbons (Fsp3) is 0.325. The van der Waals surface area contributed by atoms with E-state index in [0.717, 1.165) is 0 Å². The Labute approximate surface area is 335 Å². The Bertz CT molecular complexity index is 1940. The standard InChI is InChI=1S/C40H52FN11O6/c1-23(2)20-31(36(56)50-30(35(42)55)4-3-19-47-39(43)44)51-38(58)33(22-26-7-14-28(15-8-26)48-40(45)46)52-37(57)32(21-25-5-12-27(41)13-6-25)49-34(54)18-11-24-9-16-29(53)17-10-24/h5-18,23,30-33,53H,3-4,19-22H2,1-2H3,(H2,42,55)(H,49,54)(H,50,56)(H,51,58)(H,52,57)(H4,43,44,47)(H4,45,46,48)/b18-11+/t30-,31-,32-,33-/m0/s1. The van der Waals surface area contributed by atoms with Crippen LogP contribution in [0.5, 0.6) is 5.75 Å². The molecule has 0 aromatic heterocycles. The first-order valence-corrected chi connectivity index (χ1v) is 18.5. The molecule has 3 rings (SSSR count). The number of hydrogen-bond donors (Lipinski definition) is 10. The number of primary amides is 1. The Morgan fingerprint density at radius 3 is 1.74 bits per heavy atom. The lowest BCUT2D eigenvalue weighted by atomic mass is 9.99. The molecule has 3 aromatic carbocycles. The van der Waals surface area contributed by atoms with E-state index in [1.54, 1.807) is 36.4 Å². The summed E-state index contributed by atoms with van der Waals surface area (Å²) in [5.74, 6) is -4.48. The van der Waals surface area contributed by atoms with Crippen molar-refractivity contribution in [2.24, 2.45) is 44.6 Å². The SMILES string of the molecule is CC(C)C[C@H](NC(=O)[C@H](Cc1ccc(N=C(N)N)cc1)NC(=O)[C@H](Cc1ccc(F)cc1)NC(=O)/C=C/c1ccc(O)cc1)C(=O)N[C@@H](CCCN=C(N)N)C(N)=O. The highest BCUT2D eigenvalue weighted by Crippen LogP contribution is 2.16. The largest absolute Gasteiger partial charge is 0.508 e. The van der Waals surface area contributed by atoms with Crippen molar-refractivity contribution in [3.63, 3.8) is 0 Å². The van der Waals surface area contributed by atoms with Crippen LogP contribution in [0.25, 0.3) is 6.08 Å². The number of benzene rings is 3. The van der Waals surface area contributed by atoms with E-state index in [1.165, 1.54) is 48.6 Å². The molecule has 0 aliphatic rings. The molecule has 0 radical (unpaired) electrons. The number of nitrogens with one attached hydrogen (secondary N) is 4. The summed E-state index contributed by atoms with van der Waals surface area (Å²) in [7, 11) is 0. The lowest BCUT2D eigenvalue weighted by molar-refractivity contribution is -0.134. The molecule has 0 aliphatic heterocycles. The molecule has 3 aromatic rings. The number of aliphatic imine (C=N–C) groups is 2. The van der Waals surface area contributed by atoms with Gasteiger partial charge in [-0.25, -0.2) is 9.38 Å². The Hall–Kier alpha value is -6.98. The van der Waals surface area contributed by atoms with Gasteiger partial charge in [0, 0.05) is 25.5 Å². The molecule has 15 N–H and O–H groups in total. The van der Waals surface area contributed by atoms with E-state index >= 15 is 0 Å². The van der Waals surface area contributed by atoms with Crippen LogP contribution in [0.4, 0.5) is 10.1 Å². The Kier molecular flexibility index (Phi) is 17.6. The van der Waals surface area contributed by atoms with Gasteiger partial charge in [0.25, 0.3) is 0 Å². The number of halogens is 1. The topological polar surface area (TPSA) is 309 Å². The summed E-state index contributed by atoms with van der Waals surface area (Å²) >= 11 is 0. The van der Waals surface area contributed by atoms with Gasteiger partial charge in [-0.3, -0.25) is 29.0 Å². The zero-order valence-corrected chi connectivity index (χ0v) is 32.4. The molecule has 0 fully saturated rings. The minimum absolute atomic E-state index is 0.0444. The van der Waals surface area contributed by atoms with Crippen LogP contribution >= 0.6 is 0 Å². The van der Waals surface area contributed by atoms with Crippen LogP contribution in [0.15, 0.2) is 88.9 Å². The predicted octanol–water partition coefficient (Wildman–Crippen LogP) is 0.459. The first-order chi connectivity index (χ1) is 27.5. The summed E-state index contributed by atoms with van der Waals surface area (Å²) in [5.41, 5.74) is 29.4. The third-order valence-electron chi connectivity index (χ3n) is 8.52. The molecule has 0 bridgehead atoms. The number of phenols is 1. The van der Waals surface area contributed by atoms with Crippen LogP contribution in [0.1, 0.15) is 49.8 Å². The maximum atomic E-state index is 14.2. The van der Waals surface area contributed by atoms with Gasteiger partial charge in [-0.1, -0.05) is 50.2 Å². The Balaban J connectivity index is 1.92. The lowest BCUT2D eigenvalue weighted by Crippen LogP contribution is -2.59. The summed E-state index contributed by atoms with van der Waals surface area (Å²) in [6.07, 6.45) is 3.13. The highest BCUT2D eigenvalue weighted by atomic mass is 19.1. The van der Waals surface area contributed by atoms with E-state index in [0.29, 0.717) is 28.8 Å². The molecular weight excluding hydrogens is 750 g/mol. The second-order valence-corrected chi connectivity index (χ2v) is 13.9. The minimum atomic E-state index is -1.31. The molecule has 4 atom stereocenters. The smallest absolute Gasteiger partial charge is 0.244 e. The van der Waals surface area contributed by atoms with Crippen LogP contribution in [0.2, 0.25) is 0 Å². The first-order valence-electron chi connectivity index (χ1n) is 18.5. The van der Waals surface area contributed by atoms with E-state index in [4.69, 9.17) is 28.7 Å². The van der Waals surface area contributed by atoms with E-state index < -0.39 is 59.5 Å². The van der Waals surface area contributed by atoms with Crippen molar-refractivity contribution in [3.05, 3.63) is 101 Å². The number of amides is 5. The molecule has 0 unspecified atom stereocenters. The van der Waals surface area contributed by atoms with Gasteiger partial charge in [0.1, 0.15) is 35.7 Å². The molecule has 0 spiro atoms. The maximum Gasteiger partial charge on any atom is 0.244 e. The number of aromatic hydroxyl groups is 1. The fourth-order valence-electron chi connectivity index (χ4n) is 5.65. The molecule has 18 heteroatoms. The molecular formula is C40H52FN11O6. The second-order valence-electron chi connectivity index (χ2n) is 13.9. The van der Waals surface area contributed by atoms with Crippen LogP contribution in [-0.4, -0.2) is 77.3 Å². The third kappa shape index (κ3) is 16.4. The van der Waals surface area contributed by atoms with Gasteiger partial charge in [0.15, 0.2) is 11.9 Å². The number of nitrogens with two attached hydrogens (primary N) is 5. The summed E-state index contributed by atoms with van der Waals surface area (Å²) in [6, 6.07) is 13.1. The zero-order valence-electron chi connectivity index (χ0n) is 32.4. The third-order valence-corrected chi connectivity index (χ3v) is 8.52. The average molecular weight is 802 g/mol. The highest BCUT2D eigenvalue weighted by molar-refractivity contribution is 5.98. The van der Waals surface area contributed by atoms with Gasteiger partial charge in [-0.15, -0.1) is 0 Å². The highest BCUT2D eigenvalue weighted by Gasteiger charge is 2.31. The average Bonchev–Trinajstić information content (AvgIpc) is 3.15. The van der Waals surface area contributed by atoms with E-state index in [-0.39, 0.29) is 55.8 Å². The van der Waals surface area contributed by atoms with Crippen molar-refractivity contribution in [1.29, 1.82) is 0 Å². The van der Waals surface area contributed by atoms with Crippen molar-refractivity contribution in [3.8, 4) is 5.75 Å². The van der Waals surface area contributed by atoms with Crippen molar-refractivity contribution in [1.82, 2.24) is 21.3 Å². The molecule has 58 heavy (non-hydrogen) atoms. The number of phenolic OH excluding ortho intramolecular Hbond substituents is 1. The van der Waals surface area contributed by atoms with Crippen molar-refractivity contribution < 1.29 is 33.5 Å². The number of guanidine groups is 2. The van der Waals surface area contributed by atoms with E-state index in [2.05, 4.69) is 31.3 Å². The van der Waals surface area contributed by atoms with Crippen LogP contribution < -0.4 is 49.9 Å².